The van der Waals surface area contributed by atoms with Crippen molar-refractivity contribution in [3.63, 3.8) is 0 Å². The van der Waals surface area contributed by atoms with Crippen LogP contribution in [0.4, 0.5) is 39.5 Å². The van der Waals surface area contributed by atoms with Gasteiger partial charge >= 0.3 is 23.3 Å². The van der Waals surface area contributed by atoms with E-state index in [2.05, 4.69) is 0 Å². The molecule has 0 aromatic heterocycles. The summed E-state index contributed by atoms with van der Waals surface area (Å²) >= 11 is -5.24. The van der Waals surface area contributed by atoms with Crippen LogP contribution in [-0.2, 0) is 11.1 Å². The SMILES string of the molecule is O=S([O-])C(F)(F)C(F)(C(F)(F)F)C(F)(F)F. The molecule has 98 valence electrons. The molecule has 2 nitrogen and oxygen atoms in total. The molecule has 12 heteroatoms. The van der Waals surface area contributed by atoms with Crippen LogP contribution >= 0.6 is 0 Å². The topological polar surface area (TPSA) is 40.1 Å². The Kier molecular flexibility index (Phi) is 3.63. The van der Waals surface area contributed by atoms with Gasteiger partial charge in [0.25, 0.3) is 0 Å². The van der Waals surface area contributed by atoms with Gasteiger partial charge in [-0.05, 0) is 0 Å². The number of rotatable bonds is 2. The third kappa shape index (κ3) is 1.99. The molecule has 0 fully saturated rings. The Labute approximate surface area is 83.7 Å². The van der Waals surface area contributed by atoms with Crippen molar-refractivity contribution in [1.29, 1.82) is 0 Å². The molecule has 0 rings (SSSR count). The molecule has 0 saturated heterocycles. The summed E-state index contributed by atoms with van der Waals surface area (Å²) in [6.07, 6.45) is -14.3. The van der Waals surface area contributed by atoms with Crippen LogP contribution in [0, 0.1) is 0 Å². The van der Waals surface area contributed by atoms with Crippen LogP contribution in [0.5, 0.6) is 0 Å². The van der Waals surface area contributed by atoms with Gasteiger partial charge in [-0.1, -0.05) is 0 Å². The van der Waals surface area contributed by atoms with Crippen molar-refractivity contribution in [2.75, 3.05) is 0 Å². The van der Waals surface area contributed by atoms with E-state index in [-0.39, 0.29) is 0 Å². The lowest BCUT2D eigenvalue weighted by Crippen LogP contribution is -2.65. The van der Waals surface area contributed by atoms with E-state index in [1.54, 1.807) is 0 Å². The van der Waals surface area contributed by atoms with Crippen molar-refractivity contribution in [2.24, 2.45) is 0 Å². The second kappa shape index (κ2) is 3.75. The molecule has 16 heavy (non-hydrogen) atoms. The second-order valence-corrected chi connectivity index (χ2v) is 3.39. The fourth-order valence-electron chi connectivity index (χ4n) is 0.606. The minimum absolute atomic E-state index is 5.24. The van der Waals surface area contributed by atoms with Crippen LogP contribution in [0.15, 0.2) is 0 Å². The first kappa shape index (κ1) is 15.5. The van der Waals surface area contributed by atoms with Crippen molar-refractivity contribution in [1.82, 2.24) is 0 Å². The Morgan fingerprint density at radius 1 is 0.750 bits per heavy atom. The number of halogens is 9. The summed E-state index contributed by atoms with van der Waals surface area (Å²) in [6.45, 7) is 0. The molecule has 0 aliphatic carbocycles. The highest BCUT2D eigenvalue weighted by molar-refractivity contribution is 7.80. The standard InChI is InChI=1S/C4HF9O2S/c5-1(2(6,7)8,3(9,10)11)4(12,13)16(14)15/h(H,14,15)/p-1. The van der Waals surface area contributed by atoms with Crippen molar-refractivity contribution in [3.05, 3.63) is 0 Å². The molecular formula is C4F9O2S-. The van der Waals surface area contributed by atoms with E-state index in [0.29, 0.717) is 0 Å². The van der Waals surface area contributed by atoms with Gasteiger partial charge in [-0.3, -0.25) is 4.21 Å². The maximum Gasteiger partial charge on any atom is 0.438 e. The Bertz CT molecular complexity index is 277. The average molecular weight is 283 g/mol. The van der Waals surface area contributed by atoms with Crippen molar-refractivity contribution < 1.29 is 48.3 Å². The monoisotopic (exact) mass is 283 g/mol. The molecule has 0 N–H and O–H groups in total. The number of alkyl halides is 9. The molecule has 0 aromatic rings. The maximum absolute atomic E-state index is 12.4. The molecule has 1 unspecified atom stereocenters. The lowest BCUT2D eigenvalue weighted by Gasteiger charge is -2.36. The van der Waals surface area contributed by atoms with Gasteiger partial charge in [0, 0.05) is 11.1 Å². The highest BCUT2D eigenvalue weighted by atomic mass is 32.2. The van der Waals surface area contributed by atoms with Crippen molar-refractivity contribution in [3.8, 4) is 0 Å². The highest BCUT2D eigenvalue weighted by Gasteiger charge is 2.85. The Morgan fingerprint density at radius 3 is 1.06 bits per heavy atom. The Balaban J connectivity index is 5.91. The molecule has 0 heterocycles. The molecule has 0 radical (unpaired) electrons. The van der Waals surface area contributed by atoms with Crippen molar-refractivity contribution >= 4 is 11.1 Å². The van der Waals surface area contributed by atoms with Gasteiger partial charge in [-0.2, -0.15) is 35.1 Å². The highest BCUT2D eigenvalue weighted by Crippen LogP contribution is 2.55. The smallest absolute Gasteiger partial charge is 0.438 e. The van der Waals surface area contributed by atoms with Crippen molar-refractivity contribution in [2.45, 2.75) is 23.3 Å². The Hall–Kier alpha value is -0.520. The second-order valence-electron chi connectivity index (χ2n) is 2.41. The minimum Gasteiger partial charge on any atom is -0.768 e. The van der Waals surface area contributed by atoms with E-state index < -0.39 is 34.4 Å². The first-order valence-corrected chi connectivity index (χ1v) is 4.06. The van der Waals surface area contributed by atoms with Crippen LogP contribution in [0.25, 0.3) is 0 Å². The van der Waals surface area contributed by atoms with Crippen LogP contribution in [0.1, 0.15) is 0 Å². The summed E-state index contributed by atoms with van der Waals surface area (Å²) in [5.74, 6) is 0. The summed E-state index contributed by atoms with van der Waals surface area (Å²) in [6, 6.07) is 0. The van der Waals surface area contributed by atoms with Gasteiger partial charge in [0.15, 0.2) is 0 Å². The lowest BCUT2D eigenvalue weighted by atomic mass is 10.1. The van der Waals surface area contributed by atoms with E-state index in [0.717, 1.165) is 0 Å². The Morgan fingerprint density at radius 2 is 1.00 bits per heavy atom. The molecule has 0 aliphatic rings. The summed E-state index contributed by atoms with van der Waals surface area (Å²) in [7, 11) is 0. The number of hydrogen-bond donors (Lipinski definition) is 0. The van der Waals surface area contributed by atoms with Gasteiger partial charge in [0.1, 0.15) is 0 Å². The molecule has 1 atom stereocenters. The van der Waals surface area contributed by atoms with E-state index in [1.165, 1.54) is 0 Å². The van der Waals surface area contributed by atoms with Gasteiger partial charge in [-0.25, -0.2) is 4.39 Å². The lowest BCUT2D eigenvalue weighted by molar-refractivity contribution is -0.379. The van der Waals surface area contributed by atoms with Gasteiger partial charge in [-0.15, -0.1) is 0 Å². The average Bonchev–Trinajstić information content (AvgIpc) is 1.97. The predicted octanol–water partition coefficient (Wildman–Crippen LogP) is 2.29. The molecule has 0 saturated carbocycles. The largest absolute Gasteiger partial charge is 0.768 e. The predicted molar refractivity (Wildman–Crippen MR) is 29.8 cm³/mol. The first-order chi connectivity index (χ1) is 6.69. The van der Waals surface area contributed by atoms with Gasteiger partial charge in [0.2, 0.25) is 0 Å². The maximum atomic E-state index is 12.4. The van der Waals surface area contributed by atoms with Crippen LogP contribution in [-0.4, -0.2) is 32.0 Å². The fraction of sp³-hybridized carbons (Fsp3) is 1.00. The molecule has 0 aliphatic heterocycles. The van der Waals surface area contributed by atoms with E-state index in [1.807, 2.05) is 0 Å². The molecule has 0 spiro atoms. The molecule has 0 aromatic carbocycles. The fourth-order valence-corrected chi connectivity index (χ4v) is 1.07. The van der Waals surface area contributed by atoms with Gasteiger partial charge < -0.3 is 4.55 Å². The first-order valence-electron chi connectivity index (χ1n) is 2.99. The molecule has 0 amide bonds. The van der Waals surface area contributed by atoms with E-state index >= 15 is 0 Å². The van der Waals surface area contributed by atoms with Crippen LogP contribution in [0.3, 0.4) is 0 Å². The quantitative estimate of drug-likeness (QED) is 0.576. The summed E-state index contributed by atoms with van der Waals surface area (Å²) in [5, 5.41) is -6.68. The molecule has 0 bridgehead atoms. The van der Waals surface area contributed by atoms with E-state index in [9.17, 15) is 48.3 Å². The van der Waals surface area contributed by atoms with Gasteiger partial charge in [0.05, 0.1) is 0 Å². The summed E-state index contributed by atoms with van der Waals surface area (Å²) < 4.78 is 126. The van der Waals surface area contributed by atoms with Crippen LogP contribution in [0.2, 0.25) is 0 Å². The normalized spacial score (nSPS) is 17.4. The minimum atomic E-state index is -7.15. The third-order valence-electron chi connectivity index (χ3n) is 1.39. The summed E-state index contributed by atoms with van der Waals surface area (Å²) in [4.78, 5) is 0. The summed E-state index contributed by atoms with van der Waals surface area (Å²) in [5.41, 5.74) is -7.15. The third-order valence-corrected chi connectivity index (χ3v) is 2.09. The zero-order valence-electron chi connectivity index (χ0n) is 6.63. The molecular weight excluding hydrogens is 283 g/mol. The zero-order chi connectivity index (χ0) is 13.6. The van der Waals surface area contributed by atoms with Crippen LogP contribution < -0.4 is 0 Å². The van der Waals surface area contributed by atoms with E-state index in [4.69, 9.17) is 0 Å². The number of hydrogen-bond acceptors (Lipinski definition) is 2. The zero-order valence-corrected chi connectivity index (χ0v) is 7.44.